The maximum absolute atomic E-state index is 5.67. The Balaban J connectivity index is 2.07. The van der Waals surface area contributed by atoms with Crippen molar-refractivity contribution in [1.29, 1.82) is 0 Å². The molecule has 0 saturated carbocycles. The molecule has 1 aromatic heterocycles. The van der Waals surface area contributed by atoms with E-state index in [0.29, 0.717) is 12.5 Å². The predicted octanol–water partition coefficient (Wildman–Crippen LogP) is 2.03. The van der Waals surface area contributed by atoms with Gasteiger partial charge in [0.15, 0.2) is 0 Å². The number of halogens is 1. The number of nitrogens with one attached hydrogen (secondary N) is 1. The summed E-state index contributed by atoms with van der Waals surface area (Å²) in [7, 11) is 0. The summed E-state index contributed by atoms with van der Waals surface area (Å²) in [6.07, 6.45) is 0. The first-order valence-electron chi connectivity index (χ1n) is 5.10. The minimum Gasteiger partial charge on any atom is -0.368 e. The predicted molar refractivity (Wildman–Crippen MR) is 67.8 cm³/mol. The Hall–Kier alpha value is -1.88. The molecule has 0 radical (unpaired) electrons. The lowest BCUT2D eigenvalue weighted by Crippen LogP contribution is -2.07. The van der Waals surface area contributed by atoms with Gasteiger partial charge >= 0.3 is 0 Å². The SMILES string of the molecule is Cc1cccc(CNc2nc(N)nc(Cl)n2)c1. The van der Waals surface area contributed by atoms with Gasteiger partial charge in [0.05, 0.1) is 0 Å². The zero-order valence-electron chi connectivity index (χ0n) is 9.31. The van der Waals surface area contributed by atoms with Crippen LogP contribution < -0.4 is 11.1 Å². The molecule has 17 heavy (non-hydrogen) atoms. The molecule has 0 saturated heterocycles. The minimum absolute atomic E-state index is 0.0873. The van der Waals surface area contributed by atoms with Crippen LogP contribution in [0.25, 0.3) is 0 Å². The average molecular weight is 250 g/mol. The lowest BCUT2D eigenvalue weighted by molar-refractivity contribution is 1.01. The molecule has 0 unspecified atom stereocenters. The Bertz CT molecular complexity index is 509. The molecule has 1 heterocycles. The standard InChI is InChI=1S/C11H12ClN5/c1-7-3-2-4-8(5-7)6-14-11-16-9(12)15-10(13)17-11/h2-5H,6H2,1H3,(H3,13,14,15,16,17). The van der Waals surface area contributed by atoms with E-state index in [0.717, 1.165) is 5.56 Å². The summed E-state index contributed by atoms with van der Waals surface area (Å²) < 4.78 is 0. The molecule has 0 bridgehead atoms. The van der Waals surface area contributed by atoms with Crippen LogP contribution in [0.2, 0.25) is 5.28 Å². The monoisotopic (exact) mass is 249 g/mol. The van der Waals surface area contributed by atoms with Crippen LogP contribution >= 0.6 is 11.6 Å². The van der Waals surface area contributed by atoms with E-state index in [-0.39, 0.29) is 11.2 Å². The molecule has 0 aliphatic rings. The third-order valence-corrected chi connectivity index (χ3v) is 2.33. The number of benzene rings is 1. The number of aryl methyl sites for hydroxylation is 1. The normalized spacial score (nSPS) is 10.2. The number of nitrogen functional groups attached to an aromatic ring is 1. The Labute approximate surface area is 104 Å². The highest BCUT2D eigenvalue weighted by Gasteiger charge is 2.01. The summed E-state index contributed by atoms with van der Waals surface area (Å²) in [5.41, 5.74) is 7.81. The van der Waals surface area contributed by atoms with Gasteiger partial charge < -0.3 is 11.1 Å². The number of aromatic nitrogens is 3. The molecule has 88 valence electrons. The van der Waals surface area contributed by atoms with Crippen LogP contribution in [-0.4, -0.2) is 15.0 Å². The van der Waals surface area contributed by atoms with E-state index in [9.17, 15) is 0 Å². The Morgan fingerprint density at radius 3 is 2.82 bits per heavy atom. The highest BCUT2D eigenvalue weighted by molar-refractivity contribution is 6.28. The Morgan fingerprint density at radius 2 is 2.12 bits per heavy atom. The second-order valence-electron chi connectivity index (χ2n) is 3.63. The van der Waals surface area contributed by atoms with Crippen LogP contribution in [-0.2, 0) is 6.54 Å². The fraction of sp³-hybridized carbons (Fsp3) is 0.182. The Kier molecular flexibility index (Phi) is 3.39. The van der Waals surface area contributed by atoms with Gasteiger partial charge in [-0.05, 0) is 24.1 Å². The highest BCUT2D eigenvalue weighted by Crippen LogP contribution is 2.09. The fourth-order valence-electron chi connectivity index (χ4n) is 1.45. The van der Waals surface area contributed by atoms with Gasteiger partial charge in [-0.25, -0.2) is 0 Å². The number of rotatable bonds is 3. The summed E-state index contributed by atoms with van der Waals surface area (Å²) in [6, 6.07) is 8.15. The van der Waals surface area contributed by atoms with Gasteiger partial charge in [0.2, 0.25) is 17.2 Å². The van der Waals surface area contributed by atoms with Crippen molar-refractivity contribution >= 4 is 23.5 Å². The van der Waals surface area contributed by atoms with Gasteiger partial charge in [-0.1, -0.05) is 29.8 Å². The second-order valence-corrected chi connectivity index (χ2v) is 3.97. The summed E-state index contributed by atoms with van der Waals surface area (Å²) in [4.78, 5) is 11.5. The number of hydrogen-bond acceptors (Lipinski definition) is 5. The van der Waals surface area contributed by atoms with Gasteiger partial charge in [-0.2, -0.15) is 15.0 Å². The first-order chi connectivity index (χ1) is 8.13. The van der Waals surface area contributed by atoms with Crippen LogP contribution in [0.1, 0.15) is 11.1 Å². The van der Waals surface area contributed by atoms with Crippen molar-refractivity contribution in [2.24, 2.45) is 0 Å². The number of anilines is 2. The van der Waals surface area contributed by atoms with Crippen molar-refractivity contribution in [3.8, 4) is 0 Å². The van der Waals surface area contributed by atoms with Crippen molar-refractivity contribution in [3.63, 3.8) is 0 Å². The molecule has 0 aliphatic heterocycles. The first kappa shape index (κ1) is 11.6. The third kappa shape index (κ3) is 3.29. The average Bonchev–Trinajstić information content (AvgIpc) is 2.25. The minimum atomic E-state index is 0.0873. The quantitative estimate of drug-likeness (QED) is 0.870. The number of nitrogens with zero attached hydrogens (tertiary/aromatic N) is 3. The van der Waals surface area contributed by atoms with Gasteiger partial charge in [0.25, 0.3) is 0 Å². The van der Waals surface area contributed by atoms with Crippen molar-refractivity contribution in [2.45, 2.75) is 13.5 Å². The lowest BCUT2D eigenvalue weighted by Gasteiger charge is -2.06. The van der Waals surface area contributed by atoms with Crippen LogP contribution in [0.5, 0.6) is 0 Å². The lowest BCUT2D eigenvalue weighted by atomic mass is 10.1. The van der Waals surface area contributed by atoms with E-state index in [1.807, 2.05) is 25.1 Å². The van der Waals surface area contributed by atoms with Crippen LogP contribution in [0.4, 0.5) is 11.9 Å². The van der Waals surface area contributed by atoms with Crippen molar-refractivity contribution in [2.75, 3.05) is 11.1 Å². The van der Waals surface area contributed by atoms with Crippen LogP contribution in [0.3, 0.4) is 0 Å². The molecular formula is C11H12ClN5. The maximum Gasteiger partial charge on any atom is 0.229 e. The van der Waals surface area contributed by atoms with E-state index in [1.54, 1.807) is 0 Å². The fourth-order valence-corrected chi connectivity index (χ4v) is 1.61. The summed E-state index contributed by atoms with van der Waals surface area (Å²) in [6.45, 7) is 2.66. The van der Waals surface area contributed by atoms with E-state index < -0.39 is 0 Å². The maximum atomic E-state index is 5.67. The zero-order valence-corrected chi connectivity index (χ0v) is 10.1. The van der Waals surface area contributed by atoms with E-state index in [1.165, 1.54) is 5.56 Å². The molecule has 0 amide bonds. The van der Waals surface area contributed by atoms with Crippen LogP contribution in [0.15, 0.2) is 24.3 Å². The van der Waals surface area contributed by atoms with E-state index in [4.69, 9.17) is 17.3 Å². The molecule has 5 nitrogen and oxygen atoms in total. The molecule has 0 atom stereocenters. The topological polar surface area (TPSA) is 76.7 Å². The van der Waals surface area contributed by atoms with Gasteiger partial charge in [-0.3, -0.25) is 0 Å². The highest BCUT2D eigenvalue weighted by atomic mass is 35.5. The molecule has 0 aliphatic carbocycles. The van der Waals surface area contributed by atoms with Gasteiger partial charge in [0.1, 0.15) is 0 Å². The van der Waals surface area contributed by atoms with Crippen molar-refractivity contribution < 1.29 is 0 Å². The molecule has 2 rings (SSSR count). The van der Waals surface area contributed by atoms with E-state index in [2.05, 4.69) is 26.3 Å². The zero-order chi connectivity index (χ0) is 12.3. The molecular weight excluding hydrogens is 238 g/mol. The molecule has 0 spiro atoms. The molecule has 3 N–H and O–H groups in total. The summed E-state index contributed by atoms with van der Waals surface area (Å²) >= 11 is 5.67. The smallest absolute Gasteiger partial charge is 0.229 e. The molecule has 6 heteroatoms. The summed E-state index contributed by atoms with van der Waals surface area (Å²) in [5, 5.41) is 3.13. The first-order valence-corrected chi connectivity index (χ1v) is 5.48. The number of nitrogens with two attached hydrogens (primary N) is 1. The molecule has 2 aromatic rings. The second kappa shape index (κ2) is 4.97. The van der Waals surface area contributed by atoms with Gasteiger partial charge in [0, 0.05) is 6.54 Å². The summed E-state index contributed by atoms with van der Waals surface area (Å²) in [5.74, 6) is 0.487. The largest absolute Gasteiger partial charge is 0.368 e. The van der Waals surface area contributed by atoms with Gasteiger partial charge in [-0.15, -0.1) is 0 Å². The molecule has 1 aromatic carbocycles. The Morgan fingerprint density at radius 1 is 1.29 bits per heavy atom. The third-order valence-electron chi connectivity index (χ3n) is 2.16. The van der Waals surface area contributed by atoms with E-state index >= 15 is 0 Å². The number of hydrogen-bond donors (Lipinski definition) is 2. The van der Waals surface area contributed by atoms with Crippen molar-refractivity contribution in [3.05, 3.63) is 40.7 Å². The molecule has 0 fully saturated rings. The van der Waals surface area contributed by atoms with Crippen molar-refractivity contribution in [1.82, 2.24) is 15.0 Å². The van der Waals surface area contributed by atoms with Crippen LogP contribution in [0, 0.1) is 6.92 Å².